The zero-order chi connectivity index (χ0) is 14.9. The molecule has 2 N–H and O–H groups in total. The second-order valence-electron chi connectivity index (χ2n) is 5.15. The van der Waals surface area contributed by atoms with Gasteiger partial charge >= 0.3 is 0 Å². The predicted octanol–water partition coefficient (Wildman–Crippen LogP) is 0.653. The molecule has 8 nitrogen and oxygen atoms in total. The molecule has 2 aromatic rings. The third kappa shape index (κ3) is 3.08. The Hall–Kier alpha value is -1.87. The van der Waals surface area contributed by atoms with Crippen molar-refractivity contribution < 1.29 is 12.9 Å². The normalized spacial score (nSPS) is 17.3. The zero-order valence-corrected chi connectivity index (χ0v) is 12.4. The van der Waals surface area contributed by atoms with Gasteiger partial charge in [-0.25, -0.2) is 13.1 Å². The van der Waals surface area contributed by atoms with Crippen molar-refractivity contribution in [2.75, 3.05) is 18.0 Å². The van der Waals surface area contributed by atoms with Crippen LogP contribution in [0, 0.1) is 6.92 Å². The van der Waals surface area contributed by atoms with E-state index in [0.29, 0.717) is 0 Å². The van der Waals surface area contributed by atoms with Gasteiger partial charge in [-0.05, 0) is 19.8 Å². The Balaban J connectivity index is 1.59. The highest BCUT2D eigenvalue weighted by Crippen LogP contribution is 2.19. The summed E-state index contributed by atoms with van der Waals surface area (Å²) in [5.41, 5.74) is 1.01. The molecule has 3 rings (SSSR count). The molecule has 0 aliphatic carbocycles. The van der Waals surface area contributed by atoms with Crippen molar-refractivity contribution in [1.29, 1.82) is 0 Å². The molecule has 1 saturated heterocycles. The van der Waals surface area contributed by atoms with Gasteiger partial charge in [0.1, 0.15) is 11.2 Å². The molecule has 114 valence electrons. The number of aromatic amines is 1. The number of nitrogens with zero attached hydrogens (tertiary/aromatic N) is 3. The van der Waals surface area contributed by atoms with Crippen LogP contribution >= 0.6 is 0 Å². The van der Waals surface area contributed by atoms with Crippen molar-refractivity contribution in [3.63, 3.8) is 0 Å². The van der Waals surface area contributed by atoms with Gasteiger partial charge in [0.2, 0.25) is 10.0 Å². The summed E-state index contributed by atoms with van der Waals surface area (Å²) >= 11 is 0. The summed E-state index contributed by atoms with van der Waals surface area (Å²) in [5, 5.41) is 10.6. The fourth-order valence-corrected chi connectivity index (χ4v) is 3.57. The highest BCUT2D eigenvalue weighted by atomic mass is 32.2. The number of hydrogen-bond acceptors (Lipinski definition) is 6. The minimum Gasteiger partial charge on any atom is -0.363 e. The van der Waals surface area contributed by atoms with Crippen LogP contribution in [0.15, 0.2) is 27.9 Å². The molecule has 0 saturated carbocycles. The molecule has 0 amide bonds. The van der Waals surface area contributed by atoms with E-state index >= 15 is 0 Å². The summed E-state index contributed by atoms with van der Waals surface area (Å²) in [6.45, 7) is 3.48. The van der Waals surface area contributed by atoms with E-state index in [0.717, 1.165) is 43.7 Å². The van der Waals surface area contributed by atoms with Gasteiger partial charge < -0.3 is 9.42 Å². The molecule has 21 heavy (non-hydrogen) atoms. The van der Waals surface area contributed by atoms with Gasteiger partial charge in [-0.15, -0.1) is 0 Å². The van der Waals surface area contributed by atoms with Crippen LogP contribution in [0.25, 0.3) is 0 Å². The van der Waals surface area contributed by atoms with Crippen molar-refractivity contribution in [2.45, 2.75) is 30.7 Å². The first kappa shape index (κ1) is 14.1. The third-order valence-corrected chi connectivity index (χ3v) is 5.02. The Morgan fingerprint density at radius 3 is 2.76 bits per heavy atom. The van der Waals surface area contributed by atoms with Gasteiger partial charge in [-0.1, -0.05) is 5.16 Å². The van der Waals surface area contributed by atoms with Gasteiger partial charge in [0.05, 0.1) is 6.20 Å². The van der Waals surface area contributed by atoms with Crippen LogP contribution in [-0.4, -0.2) is 42.9 Å². The standard InChI is InChI=1S/C12H17N5O3S/c1-9-6-12(15-14-9)17-4-2-10(3-5-17)16-21(18,19)11-7-13-20-8-11/h6-8,10,16H,2-5H2,1H3,(H,14,15). The van der Waals surface area contributed by atoms with E-state index in [9.17, 15) is 8.42 Å². The Kier molecular flexibility index (Phi) is 3.68. The molecule has 0 radical (unpaired) electrons. The molecule has 1 aliphatic heterocycles. The van der Waals surface area contributed by atoms with Gasteiger partial charge in [0, 0.05) is 30.9 Å². The van der Waals surface area contributed by atoms with E-state index in [1.165, 1.54) is 6.20 Å². The number of H-pyrrole nitrogens is 1. The maximum Gasteiger partial charge on any atom is 0.245 e. The smallest absolute Gasteiger partial charge is 0.245 e. The second-order valence-corrected chi connectivity index (χ2v) is 6.87. The molecule has 1 fully saturated rings. The topological polar surface area (TPSA) is 104 Å². The monoisotopic (exact) mass is 311 g/mol. The van der Waals surface area contributed by atoms with Crippen LogP contribution in [0.2, 0.25) is 0 Å². The van der Waals surface area contributed by atoms with E-state index in [1.807, 2.05) is 13.0 Å². The van der Waals surface area contributed by atoms with Crippen LogP contribution in [-0.2, 0) is 10.0 Å². The lowest BCUT2D eigenvalue weighted by Crippen LogP contribution is -2.44. The van der Waals surface area contributed by atoms with Crippen LogP contribution < -0.4 is 9.62 Å². The largest absolute Gasteiger partial charge is 0.363 e. The predicted molar refractivity (Wildman–Crippen MR) is 75.4 cm³/mol. The highest BCUT2D eigenvalue weighted by molar-refractivity contribution is 7.89. The number of aromatic nitrogens is 3. The molecule has 1 aliphatic rings. The average molecular weight is 311 g/mol. The van der Waals surface area contributed by atoms with E-state index in [2.05, 4.69) is 29.5 Å². The van der Waals surface area contributed by atoms with Crippen molar-refractivity contribution in [3.05, 3.63) is 24.2 Å². The molecule has 0 bridgehead atoms. The Labute approximate surface area is 122 Å². The van der Waals surface area contributed by atoms with Crippen molar-refractivity contribution >= 4 is 15.8 Å². The summed E-state index contributed by atoms with van der Waals surface area (Å²) in [7, 11) is -3.54. The van der Waals surface area contributed by atoms with Crippen molar-refractivity contribution in [1.82, 2.24) is 20.1 Å². The van der Waals surface area contributed by atoms with Crippen LogP contribution in [0.5, 0.6) is 0 Å². The number of hydrogen-bond donors (Lipinski definition) is 2. The summed E-state index contributed by atoms with van der Waals surface area (Å²) in [4.78, 5) is 2.21. The van der Waals surface area contributed by atoms with Crippen molar-refractivity contribution in [2.24, 2.45) is 0 Å². The fourth-order valence-electron chi connectivity index (χ4n) is 2.41. The maximum atomic E-state index is 12.1. The number of sulfonamides is 1. The maximum absolute atomic E-state index is 12.1. The lowest BCUT2D eigenvalue weighted by Gasteiger charge is -2.32. The van der Waals surface area contributed by atoms with E-state index < -0.39 is 10.0 Å². The summed E-state index contributed by atoms with van der Waals surface area (Å²) in [5.74, 6) is 0.910. The lowest BCUT2D eigenvalue weighted by molar-refractivity contribution is 0.417. The minimum atomic E-state index is -3.54. The molecule has 0 spiro atoms. The van der Waals surface area contributed by atoms with Crippen LogP contribution in [0.4, 0.5) is 5.82 Å². The minimum absolute atomic E-state index is 0.0628. The Bertz CT molecular complexity index is 686. The second kappa shape index (κ2) is 5.49. The molecule has 0 unspecified atom stereocenters. The first-order valence-electron chi connectivity index (χ1n) is 6.73. The molecule has 0 atom stereocenters. The summed E-state index contributed by atoms with van der Waals surface area (Å²) in [6, 6.07) is 1.91. The number of piperidine rings is 1. The number of rotatable bonds is 4. The van der Waals surface area contributed by atoms with Gasteiger partial charge in [-0.2, -0.15) is 5.10 Å². The van der Waals surface area contributed by atoms with E-state index in [4.69, 9.17) is 0 Å². The first-order chi connectivity index (χ1) is 10.0. The Morgan fingerprint density at radius 1 is 1.43 bits per heavy atom. The lowest BCUT2D eigenvalue weighted by atomic mass is 10.1. The Morgan fingerprint density at radius 2 is 2.19 bits per heavy atom. The van der Waals surface area contributed by atoms with Gasteiger partial charge in [0.15, 0.2) is 5.82 Å². The van der Waals surface area contributed by atoms with Gasteiger partial charge in [0.25, 0.3) is 0 Å². The molecule has 9 heteroatoms. The van der Waals surface area contributed by atoms with E-state index in [1.54, 1.807) is 0 Å². The van der Waals surface area contributed by atoms with E-state index in [-0.39, 0.29) is 10.9 Å². The summed E-state index contributed by atoms with van der Waals surface area (Å²) < 4.78 is 31.4. The van der Waals surface area contributed by atoms with Crippen LogP contribution in [0.3, 0.4) is 0 Å². The number of aryl methyl sites for hydroxylation is 1. The zero-order valence-electron chi connectivity index (χ0n) is 11.6. The fraction of sp³-hybridized carbons (Fsp3) is 0.500. The molecular formula is C12H17N5O3S. The highest BCUT2D eigenvalue weighted by Gasteiger charge is 2.26. The SMILES string of the molecule is Cc1cc(N2CCC(NS(=O)(=O)c3cnoc3)CC2)n[nH]1. The average Bonchev–Trinajstić information content (AvgIpc) is 3.10. The molecule has 0 aromatic carbocycles. The molecule has 2 aromatic heterocycles. The van der Waals surface area contributed by atoms with Gasteiger partial charge in [-0.3, -0.25) is 5.10 Å². The number of nitrogens with one attached hydrogen (secondary N) is 2. The quantitative estimate of drug-likeness (QED) is 0.859. The molecule has 3 heterocycles. The summed E-state index contributed by atoms with van der Waals surface area (Å²) in [6.07, 6.45) is 3.79. The van der Waals surface area contributed by atoms with Crippen molar-refractivity contribution in [3.8, 4) is 0 Å². The van der Waals surface area contributed by atoms with Crippen LogP contribution in [0.1, 0.15) is 18.5 Å². The molecular weight excluding hydrogens is 294 g/mol. The first-order valence-corrected chi connectivity index (χ1v) is 8.21. The third-order valence-electron chi connectivity index (χ3n) is 3.55. The number of anilines is 1.